The van der Waals surface area contributed by atoms with Crippen LogP contribution in [0.4, 0.5) is 10.5 Å². The van der Waals surface area contributed by atoms with E-state index in [0.29, 0.717) is 11.3 Å². The summed E-state index contributed by atoms with van der Waals surface area (Å²) in [6, 6.07) is 4.12. The Morgan fingerprint density at radius 3 is 2.55 bits per heavy atom. The van der Waals surface area contributed by atoms with Crippen LogP contribution < -0.4 is 16.0 Å². The van der Waals surface area contributed by atoms with Crippen LogP contribution in [0.25, 0.3) is 0 Å². The van der Waals surface area contributed by atoms with Crippen LogP contribution >= 0.6 is 0 Å². The van der Waals surface area contributed by atoms with E-state index in [1.54, 1.807) is 19.1 Å². The number of aromatic carboxylic acids is 1. The maximum Gasteiger partial charge on any atom is 0.336 e. The smallest absolute Gasteiger partial charge is 0.336 e. The number of aryl methyl sites for hydroxylation is 1. The molecule has 1 aromatic carbocycles. The van der Waals surface area contributed by atoms with Crippen molar-refractivity contribution in [2.45, 2.75) is 13.3 Å². The van der Waals surface area contributed by atoms with Crippen LogP contribution in [0.5, 0.6) is 0 Å². The first-order valence-electron chi connectivity index (χ1n) is 6.03. The molecule has 0 saturated heterocycles. The molecule has 0 radical (unpaired) electrons. The molecule has 0 aliphatic rings. The highest BCUT2D eigenvalue weighted by atomic mass is 16.4. The second kappa shape index (κ2) is 7.13. The number of anilines is 1. The summed E-state index contributed by atoms with van der Waals surface area (Å²) in [6.07, 6.45) is 0.179. The van der Waals surface area contributed by atoms with Gasteiger partial charge in [-0.2, -0.15) is 0 Å². The van der Waals surface area contributed by atoms with Gasteiger partial charge < -0.3 is 21.1 Å². The van der Waals surface area contributed by atoms with Crippen LogP contribution in [0, 0.1) is 6.92 Å². The quantitative estimate of drug-likeness (QED) is 0.643. The monoisotopic (exact) mass is 279 g/mol. The zero-order chi connectivity index (χ0) is 15.1. The molecule has 0 aliphatic heterocycles. The van der Waals surface area contributed by atoms with Crippen LogP contribution in [0.1, 0.15) is 22.3 Å². The number of carboxylic acids is 1. The number of nitrogens with one attached hydrogen (secondary N) is 3. The molecule has 1 aromatic rings. The van der Waals surface area contributed by atoms with Gasteiger partial charge in [0.2, 0.25) is 5.91 Å². The van der Waals surface area contributed by atoms with E-state index in [-0.39, 0.29) is 24.4 Å². The van der Waals surface area contributed by atoms with Gasteiger partial charge in [-0.25, -0.2) is 9.59 Å². The van der Waals surface area contributed by atoms with Crippen molar-refractivity contribution in [3.63, 3.8) is 0 Å². The summed E-state index contributed by atoms with van der Waals surface area (Å²) in [6.45, 7) is 1.87. The van der Waals surface area contributed by atoms with E-state index in [0.717, 1.165) is 0 Å². The third kappa shape index (κ3) is 4.60. The van der Waals surface area contributed by atoms with E-state index < -0.39 is 12.0 Å². The standard InChI is InChI=1S/C13H17N3O4/c1-8-3-4-9(7-10(8)12(18)19)16-13(20)15-6-5-11(17)14-2/h3-4,7H,5-6H2,1-2H3,(H,14,17)(H,18,19)(H2,15,16,20). The van der Waals surface area contributed by atoms with Gasteiger partial charge in [0.25, 0.3) is 0 Å². The predicted octanol–water partition coefficient (Wildman–Crippen LogP) is 0.951. The number of carboxylic acid groups (broad SMARTS) is 1. The number of rotatable bonds is 5. The third-order valence-electron chi connectivity index (χ3n) is 2.64. The molecule has 0 aromatic heterocycles. The van der Waals surface area contributed by atoms with Crippen molar-refractivity contribution in [3.8, 4) is 0 Å². The Labute approximate surface area is 116 Å². The minimum atomic E-state index is -1.05. The van der Waals surface area contributed by atoms with Crippen LogP contribution in [-0.2, 0) is 4.79 Å². The van der Waals surface area contributed by atoms with Crippen molar-refractivity contribution < 1.29 is 19.5 Å². The zero-order valence-electron chi connectivity index (χ0n) is 11.3. The summed E-state index contributed by atoms with van der Waals surface area (Å²) in [5, 5.41) is 16.4. The molecule has 0 aliphatic carbocycles. The van der Waals surface area contributed by atoms with E-state index in [1.165, 1.54) is 13.1 Å². The molecule has 7 nitrogen and oxygen atoms in total. The van der Waals surface area contributed by atoms with Crippen LogP contribution in [0.2, 0.25) is 0 Å². The van der Waals surface area contributed by atoms with Crippen LogP contribution in [0.3, 0.4) is 0 Å². The molecule has 0 bridgehead atoms. The first kappa shape index (κ1) is 15.5. The average Bonchev–Trinajstić information content (AvgIpc) is 2.40. The van der Waals surface area contributed by atoms with Crippen molar-refractivity contribution >= 4 is 23.6 Å². The van der Waals surface area contributed by atoms with Gasteiger partial charge in [0.15, 0.2) is 0 Å². The molecule has 4 N–H and O–H groups in total. The molecule has 0 heterocycles. The number of carbonyl (C=O) groups excluding carboxylic acids is 2. The molecule has 108 valence electrons. The summed E-state index contributed by atoms with van der Waals surface area (Å²) < 4.78 is 0. The highest BCUT2D eigenvalue weighted by Crippen LogP contribution is 2.15. The molecule has 0 unspecified atom stereocenters. The summed E-state index contributed by atoms with van der Waals surface area (Å²) in [5.74, 6) is -1.22. The molecule has 0 saturated carbocycles. The van der Waals surface area contributed by atoms with Crippen LogP contribution in [-0.4, -0.2) is 36.6 Å². The largest absolute Gasteiger partial charge is 0.478 e. The van der Waals surface area contributed by atoms with E-state index >= 15 is 0 Å². The number of urea groups is 1. The first-order valence-corrected chi connectivity index (χ1v) is 6.03. The van der Waals surface area contributed by atoms with Crippen LogP contribution in [0.15, 0.2) is 18.2 Å². The minimum absolute atomic E-state index is 0.133. The molecular weight excluding hydrogens is 262 g/mol. The SMILES string of the molecule is CNC(=O)CCNC(=O)Nc1ccc(C)c(C(=O)O)c1. The molecule has 20 heavy (non-hydrogen) atoms. The van der Waals surface area contributed by atoms with Crippen molar-refractivity contribution in [3.05, 3.63) is 29.3 Å². The molecule has 3 amide bonds. The highest BCUT2D eigenvalue weighted by molar-refractivity contribution is 5.94. The second-order valence-electron chi connectivity index (χ2n) is 4.14. The van der Waals surface area contributed by atoms with Gasteiger partial charge in [-0.1, -0.05) is 6.07 Å². The van der Waals surface area contributed by atoms with Gasteiger partial charge >= 0.3 is 12.0 Å². The van der Waals surface area contributed by atoms with Gasteiger partial charge in [-0.05, 0) is 24.6 Å². The van der Waals surface area contributed by atoms with Crippen molar-refractivity contribution in [2.24, 2.45) is 0 Å². The first-order chi connectivity index (χ1) is 9.43. The van der Waals surface area contributed by atoms with Crippen molar-refractivity contribution in [1.82, 2.24) is 10.6 Å². The van der Waals surface area contributed by atoms with Gasteiger partial charge in [-0.15, -0.1) is 0 Å². The molecule has 7 heteroatoms. The molecule has 1 rings (SSSR count). The Bertz CT molecular complexity index is 528. The normalized spacial score (nSPS) is 9.70. The van der Waals surface area contributed by atoms with Gasteiger partial charge in [0, 0.05) is 25.7 Å². The molecule has 0 atom stereocenters. The fraction of sp³-hybridized carbons (Fsp3) is 0.308. The van der Waals surface area contributed by atoms with Gasteiger partial charge in [-0.3, -0.25) is 4.79 Å². The van der Waals surface area contributed by atoms with Gasteiger partial charge in [0.1, 0.15) is 0 Å². The number of hydrogen-bond acceptors (Lipinski definition) is 3. The van der Waals surface area contributed by atoms with E-state index in [2.05, 4.69) is 16.0 Å². The Kier molecular flexibility index (Phi) is 5.52. The summed E-state index contributed by atoms with van der Waals surface area (Å²) >= 11 is 0. The lowest BCUT2D eigenvalue weighted by atomic mass is 10.1. The van der Waals surface area contributed by atoms with E-state index in [4.69, 9.17) is 5.11 Å². The fourth-order valence-electron chi connectivity index (χ4n) is 1.52. The number of amides is 3. The lowest BCUT2D eigenvalue weighted by Crippen LogP contribution is -2.32. The predicted molar refractivity (Wildman–Crippen MR) is 73.8 cm³/mol. The molecule has 0 fully saturated rings. The Morgan fingerprint density at radius 1 is 1.25 bits per heavy atom. The Morgan fingerprint density at radius 2 is 1.95 bits per heavy atom. The summed E-state index contributed by atoms with van der Waals surface area (Å²) in [4.78, 5) is 33.5. The lowest BCUT2D eigenvalue weighted by molar-refractivity contribution is -0.120. The number of carbonyl (C=O) groups is 3. The zero-order valence-corrected chi connectivity index (χ0v) is 11.3. The Balaban J connectivity index is 2.56. The Hall–Kier alpha value is -2.57. The number of hydrogen-bond donors (Lipinski definition) is 4. The maximum atomic E-state index is 11.5. The maximum absolute atomic E-state index is 11.5. The molecule has 0 spiro atoms. The lowest BCUT2D eigenvalue weighted by Gasteiger charge is -2.09. The fourth-order valence-corrected chi connectivity index (χ4v) is 1.52. The van der Waals surface area contributed by atoms with Crippen molar-refractivity contribution in [1.29, 1.82) is 0 Å². The topological polar surface area (TPSA) is 108 Å². The third-order valence-corrected chi connectivity index (χ3v) is 2.64. The minimum Gasteiger partial charge on any atom is -0.478 e. The molecular formula is C13H17N3O4. The second-order valence-corrected chi connectivity index (χ2v) is 4.14. The number of benzene rings is 1. The summed E-state index contributed by atoms with van der Waals surface area (Å²) in [5.41, 5.74) is 1.13. The van der Waals surface area contributed by atoms with E-state index in [1.807, 2.05) is 0 Å². The van der Waals surface area contributed by atoms with Gasteiger partial charge in [0.05, 0.1) is 5.56 Å². The average molecular weight is 279 g/mol. The highest BCUT2D eigenvalue weighted by Gasteiger charge is 2.09. The van der Waals surface area contributed by atoms with E-state index in [9.17, 15) is 14.4 Å². The van der Waals surface area contributed by atoms with Crippen molar-refractivity contribution in [2.75, 3.05) is 18.9 Å². The summed E-state index contributed by atoms with van der Waals surface area (Å²) in [7, 11) is 1.52.